The van der Waals surface area contributed by atoms with Crippen molar-refractivity contribution in [3.8, 4) is 0 Å². The molecule has 0 aliphatic carbocycles. The Bertz CT molecular complexity index is 11.6. The molecule has 5 heavy (non-hydrogen) atoms. The molecule has 0 unspecified atom stereocenters. The first-order valence-electron chi connectivity index (χ1n) is 0. The predicted octanol–water partition coefficient (Wildman–Crippen LogP) is -4.20. The summed E-state index contributed by atoms with van der Waals surface area (Å²) in [6, 6.07) is 0. The molecule has 0 spiro atoms. The summed E-state index contributed by atoms with van der Waals surface area (Å²) in [5.41, 5.74) is 0. The zero-order valence-corrected chi connectivity index (χ0v) is 14.2. The SMILES string of the molecule is [Ag].[AlH3].[BaH2].[BiH3].[PbH2]. The van der Waals surface area contributed by atoms with Crippen molar-refractivity contribution in [3.05, 3.63) is 0 Å². The first-order chi connectivity index (χ1) is 0. The van der Waals surface area contributed by atoms with Crippen LogP contribution in [0, 0.1) is 0 Å². The normalized spacial score (nSPS) is 0. The van der Waals surface area contributed by atoms with Gasteiger partial charge in [0.05, 0.1) is 0 Å². The molecule has 0 aromatic rings. The predicted molar refractivity (Wildman–Crippen MR) is 37.0 cm³/mol. The molecule has 0 heterocycles. The van der Waals surface area contributed by atoms with Crippen molar-refractivity contribution in [2.75, 3.05) is 0 Å². The van der Waals surface area contributed by atoms with Crippen LogP contribution in [0.3, 0.4) is 0 Å². The van der Waals surface area contributed by atoms with Gasteiger partial charge in [-0.3, -0.25) is 0 Å². The second-order valence-electron chi connectivity index (χ2n) is 0. The summed E-state index contributed by atoms with van der Waals surface area (Å²) < 4.78 is 0. The molecule has 0 aliphatic rings. The Morgan fingerprint density at radius 1 is 1.00 bits per heavy atom. The molecule has 0 aromatic heterocycles. The van der Waals surface area contributed by atoms with Crippen LogP contribution in [-0.4, -0.2) is 120 Å². The quantitative estimate of drug-likeness (QED) is 0.226. The summed E-state index contributed by atoms with van der Waals surface area (Å²) in [4.78, 5) is 0. The van der Waals surface area contributed by atoms with Gasteiger partial charge >= 0.3 is 102 Å². The van der Waals surface area contributed by atoms with Gasteiger partial charge in [-0.1, -0.05) is 0 Å². The molecule has 0 saturated carbocycles. The molecule has 0 N–H and O–H groups in total. The van der Waals surface area contributed by atoms with E-state index in [0.29, 0.717) is 0 Å². The Morgan fingerprint density at radius 3 is 1.00 bits per heavy atom. The van der Waals surface area contributed by atoms with Gasteiger partial charge in [-0.2, -0.15) is 0 Å². The Hall–Kier alpha value is 4.65. The summed E-state index contributed by atoms with van der Waals surface area (Å²) in [7, 11) is 0. The second-order valence-corrected chi connectivity index (χ2v) is 0. The van der Waals surface area contributed by atoms with Gasteiger partial charge in [0.1, 0.15) is 0 Å². The van der Waals surface area contributed by atoms with Gasteiger partial charge in [0, 0.05) is 22.4 Å². The van der Waals surface area contributed by atoms with Crippen LogP contribution >= 0.6 is 0 Å². The van der Waals surface area contributed by atoms with E-state index >= 15 is 0 Å². The van der Waals surface area contributed by atoms with Gasteiger partial charge in [0.2, 0.25) is 0 Å². The van der Waals surface area contributed by atoms with Gasteiger partial charge in [0.25, 0.3) is 0 Å². The van der Waals surface area contributed by atoms with Gasteiger partial charge in [-0.05, 0) is 0 Å². The monoisotopic (exact) mass is 699 g/mol. The van der Waals surface area contributed by atoms with Crippen LogP contribution in [0.5, 0.6) is 0 Å². The number of hydrogen-bond donors (Lipinski definition) is 0. The number of hydrogen-bond acceptors (Lipinski definition) is 0. The third-order valence-electron chi connectivity index (χ3n) is 0. The standard InChI is InChI=1S/Ag.Al.Ba.Bi.Pb.10H. The number of rotatable bonds is 0. The molecule has 0 nitrogen and oxygen atoms in total. The summed E-state index contributed by atoms with van der Waals surface area (Å²) in [6.45, 7) is 0. The van der Waals surface area contributed by atoms with E-state index in [2.05, 4.69) is 0 Å². The summed E-state index contributed by atoms with van der Waals surface area (Å²) in [6.07, 6.45) is 0. The van der Waals surface area contributed by atoms with E-state index in [0.717, 1.165) is 0 Å². The van der Waals surface area contributed by atoms with E-state index in [1.165, 1.54) is 0 Å². The molecule has 0 aliphatic heterocycles. The average Bonchev–Trinajstić information content (AvgIpc) is 0. The fraction of sp³-hybridized carbons (Fsp3) is 0. The fourth-order valence-corrected chi connectivity index (χ4v) is 0. The van der Waals surface area contributed by atoms with Gasteiger partial charge in [-0.15, -0.1) is 0 Å². The van der Waals surface area contributed by atoms with Crippen LogP contribution in [0.15, 0.2) is 0 Å². The second kappa shape index (κ2) is 23.4. The summed E-state index contributed by atoms with van der Waals surface area (Å²) in [5.74, 6) is 0. The van der Waals surface area contributed by atoms with E-state index in [9.17, 15) is 0 Å². The van der Waals surface area contributed by atoms with Crippen molar-refractivity contribution in [3.63, 3.8) is 0 Å². The van der Waals surface area contributed by atoms with Crippen LogP contribution in [0.1, 0.15) is 0 Å². The van der Waals surface area contributed by atoms with Crippen LogP contribution in [0.25, 0.3) is 0 Å². The topological polar surface area (TPSA) is 0 Å². The van der Waals surface area contributed by atoms with Crippen molar-refractivity contribution in [1.29, 1.82) is 0 Å². The van der Waals surface area contributed by atoms with Crippen LogP contribution in [0.2, 0.25) is 0 Å². The molecule has 3 radical (unpaired) electrons. The van der Waals surface area contributed by atoms with Crippen molar-refractivity contribution in [1.82, 2.24) is 0 Å². The first-order valence-corrected chi connectivity index (χ1v) is 0. The van der Waals surface area contributed by atoms with Gasteiger partial charge in [-0.25, -0.2) is 0 Å². The molecule has 0 aromatic carbocycles. The van der Waals surface area contributed by atoms with Crippen molar-refractivity contribution < 1.29 is 22.4 Å². The van der Waals surface area contributed by atoms with Crippen LogP contribution < -0.4 is 0 Å². The summed E-state index contributed by atoms with van der Waals surface area (Å²) in [5, 5.41) is 0. The van der Waals surface area contributed by atoms with Crippen molar-refractivity contribution >= 4 is 120 Å². The van der Waals surface area contributed by atoms with E-state index in [-0.39, 0.29) is 142 Å². The maximum atomic E-state index is 0. The molecular weight excluding hydrogens is 688 g/mol. The Morgan fingerprint density at radius 2 is 1.00 bits per heavy atom. The molecule has 35 valence electrons. The minimum absolute atomic E-state index is 0. The Kier molecular flexibility index (Phi) is 156. The fourth-order valence-electron chi connectivity index (χ4n) is 0. The molecule has 0 rings (SSSR count). The van der Waals surface area contributed by atoms with Crippen molar-refractivity contribution in [2.45, 2.75) is 0 Å². The molecule has 0 saturated heterocycles. The van der Waals surface area contributed by atoms with E-state index < -0.39 is 0 Å². The molecule has 0 bridgehead atoms. The van der Waals surface area contributed by atoms with Crippen molar-refractivity contribution in [2.24, 2.45) is 0 Å². The Labute approximate surface area is 138 Å². The third-order valence-corrected chi connectivity index (χ3v) is 0. The van der Waals surface area contributed by atoms with E-state index in [1.807, 2.05) is 0 Å². The van der Waals surface area contributed by atoms with Gasteiger partial charge < -0.3 is 0 Å². The van der Waals surface area contributed by atoms with Gasteiger partial charge in [0.15, 0.2) is 17.4 Å². The molecule has 5 heteroatoms. The zero-order valence-electron chi connectivity index (χ0n) is 1.72. The molecule has 0 atom stereocenters. The molecule has 0 fully saturated rings. The van der Waals surface area contributed by atoms with E-state index in [4.69, 9.17) is 0 Å². The van der Waals surface area contributed by atoms with Crippen LogP contribution in [-0.2, 0) is 22.4 Å². The molecule has 0 amide bonds. The average molecular weight is 698 g/mol. The van der Waals surface area contributed by atoms with E-state index in [1.54, 1.807) is 0 Å². The zero-order chi connectivity index (χ0) is 0. The molecular formula is H10AgAlBaBiPb. The first kappa shape index (κ1) is 33.4. The van der Waals surface area contributed by atoms with Crippen LogP contribution in [0.4, 0.5) is 0 Å². The minimum atomic E-state index is 0. The summed E-state index contributed by atoms with van der Waals surface area (Å²) >= 11 is 0. The third kappa shape index (κ3) is 17.7. The Balaban J connectivity index is 0. The maximum absolute atomic E-state index is 0.